The van der Waals surface area contributed by atoms with Crippen molar-refractivity contribution in [2.75, 3.05) is 31.1 Å². The predicted octanol–water partition coefficient (Wildman–Crippen LogP) is 4.32. The van der Waals surface area contributed by atoms with Crippen molar-refractivity contribution in [1.82, 2.24) is 10.2 Å². The van der Waals surface area contributed by atoms with Crippen LogP contribution in [0.15, 0.2) is 54.6 Å². The lowest BCUT2D eigenvalue weighted by Crippen LogP contribution is -2.52. The SMILES string of the molecule is O=C(NC(c1ccc(Cl)cc1)C1CC1)N1CCN(c2ccccc2)CC1. The Labute approximate surface area is 159 Å². The summed E-state index contributed by atoms with van der Waals surface area (Å²) in [5.41, 5.74) is 2.37. The van der Waals surface area contributed by atoms with Crippen molar-refractivity contribution in [3.63, 3.8) is 0 Å². The summed E-state index contributed by atoms with van der Waals surface area (Å²) in [6.07, 6.45) is 2.35. The molecule has 2 aliphatic rings. The Balaban J connectivity index is 1.36. The number of piperazine rings is 1. The van der Waals surface area contributed by atoms with E-state index in [0.717, 1.165) is 36.8 Å². The van der Waals surface area contributed by atoms with Crippen LogP contribution in [0.4, 0.5) is 10.5 Å². The first-order chi connectivity index (χ1) is 12.7. The van der Waals surface area contributed by atoms with E-state index in [1.807, 2.05) is 35.2 Å². The lowest BCUT2D eigenvalue weighted by molar-refractivity contribution is 0.189. The van der Waals surface area contributed by atoms with Crippen molar-refractivity contribution in [3.8, 4) is 0 Å². The number of anilines is 1. The number of urea groups is 1. The predicted molar refractivity (Wildman–Crippen MR) is 106 cm³/mol. The maximum Gasteiger partial charge on any atom is 0.318 e. The molecule has 0 bridgehead atoms. The molecule has 4 nitrogen and oxygen atoms in total. The molecule has 1 N–H and O–H groups in total. The summed E-state index contributed by atoms with van der Waals surface area (Å²) in [7, 11) is 0. The van der Waals surface area contributed by atoms with E-state index in [9.17, 15) is 4.79 Å². The van der Waals surface area contributed by atoms with Crippen molar-refractivity contribution >= 4 is 23.3 Å². The molecule has 1 heterocycles. The van der Waals surface area contributed by atoms with Crippen LogP contribution in [0.2, 0.25) is 5.02 Å². The molecule has 2 aromatic carbocycles. The third kappa shape index (κ3) is 3.96. The number of benzene rings is 2. The standard InChI is InChI=1S/C21H24ClN3O/c22-18-10-8-17(9-11-18)20(16-6-7-16)23-21(26)25-14-12-24(13-15-25)19-4-2-1-3-5-19/h1-5,8-11,16,20H,6-7,12-15H2,(H,23,26). The molecule has 5 heteroatoms. The quantitative estimate of drug-likeness (QED) is 0.871. The summed E-state index contributed by atoms with van der Waals surface area (Å²) in [4.78, 5) is 17.1. The van der Waals surface area contributed by atoms with Crippen molar-refractivity contribution in [2.24, 2.45) is 5.92 Å². The normalized spacial score (nSPS) is 18.5. The average Bonchev–Trinajstić information content (AvgIpc) is 3.53. The molecule has 1 atom stereocenters. The number of amides is 2. The number of para-hydroxylation sites is 1. The van der Waals surface area contributed by atoms with Gasteiger partial charge in [-0.1, -0.05) is 41.9 Å². The molecule has 1 aliphatic carbocycles. The Bertz CT molecular complexity index is 738. The number of carbonyl (C=O) groups is 1. The number of carbonyl (C=O) groups excluding carboxylic acids is 1. The summed E-state index contributed by atoms with van der Waals surface area (Å²) in [6, 6.07) is 18.4. The molecule has 2 amide bonds. The molecule has 1 unspecified atom stereocenters. The van der Waals surface area contributed by atoms with Gasteiger partial charge in [0.15, 0.2) is 0 Å². The smallest absolute Gasteiger partial charge is 0.318 e. The molecule has 2 aromatic rings. The summed E-state index contributed by atoms with van der Waals surface area (Å²) >= 11 is 6.00. The number of halogens is 1. The van der Waals surface area contributed by atoms with Crippen LogP contribution < -0.4 is 10.2 Å². The lowest BCUT2D eigenvalue weighted by Gasteiger charge is -2.36. The van der Waals surface area contributed by atoms with Gasteiger partial charge in [0, 0.05) is 36.9 Å². The zero-order chi connectivity index (χ0) is 17.9. The van der Waals surface area contributed by atoms with E-state index in [2.05, 4.69) is 34.5 Å². The van der Waals surface area contributed by atoms with Crippen molar-refractivity contribution in [2.45, 2.75) is 18.9 Å². The monoisotopic (exact) mass is 369 g/mol. The molecule has 4 rings (SSSR count). The first-order valence-corrected chi connectivity index (χ1v) is 9.69. The first kappa shape index (κ1) is 17.2. The number of rotatable bonds is 4. The minimum absolute atomic E-state index is 0.0459. The molecular formula is C21H24ClN3O. The minimum atomic E-state index is 0.0459. The highest BCUT2D eigenvalue weighted by molar-refractivity contribution is 6.30. The topological polar surface area (TPSA) is 35.6 Å². The number of hydrogen-bond acceptors (Lipinski definition) is 2. The number of nitrogens with zero attached hydrogens (tertiary/aromatic N) is 2. The molecular weight excluding hydrogens is 346 g/mol. The van der Waals surface area contributed by atoms with Gasteiger partial charge in [-0.25, -0.2) is 4.79 Å². The van der Waals surface area contributed by atoms with Crippen LogP contribution in [0.25, 0.3) is 0 Å². The van der Waals surface area contributed by atoms with E-state index in [1.165, 1.54) is 18.5 Å². The van der Waals surface area contributed by atoms with E-state index in [4.69, 9.17) is 11.6 Å². The van der Waals surface area contributed by atoms with E-state index >= 15 is 0 Å². The van der Waals surface area contributed by atoms with E-state index in [1.54, 1.807) is 0 Å². The van der Waals surface area contributed by atoms with Gasteiger partial charge < -0.3 is 15.1 Å². The zero-order valence-electron chi connectivity index (χ0n) is 14.8. The van der Waals surface area contributed by atoms with Crippen LogP contribution >= 0.6 is 11.6 Å². The van der Waals surface area contributed by atoms with Gasteiger partial charge in [0.25, 0.3) is 0 Å². The fraction of sp³-hybridized carbons (Fsp3) is 0.381. The van der Waals surface area contributed by atoms with Gasteiger partial charge in [0.2, 0.25) is 0 Å². The fourth-order valence-electron chi connectivity index (χ4n) is 3.60. The lowest BCUT2D eigenvalue weighted by atomic mass is 10.0. The molecule has 26 heavy (non-hydrogen) atoms. The van der Waals surface area contributed by atoms with Crippen molar-refractivity contribution in [1.29, 1.82) is 0 Å². The van der Waals surface area contributed by atoms with Crippen LogP contribution in [-0.2, 0) is 0 Å². The molecule has 1 saturated carbocycles. The van der Waals surface area contributed by atoms with Crippen LogP contribution in [0, 0.1) is 5.92 Å². The maximum atomic E-state index is 12.8. The third-order valence-electron chi connectivity index (χ3n) is 5.29. The van der Waals surface area contributed by atoms with Crippen LogP contribution in [-0.4, -0.2) is 37.1 Å². The minimum Gasteiger partial charge on any atom is -0.368 e. The summed E-state index contributed by atoms with van der Waals surface area (Å²) in [6.45, 7) is 3.23. The maximum absolute atomic E-state index is 12.8. The molecule has 1 saturated heterocycles. The Morgan fingerprint density at radius 2 is 1.62 bits per heavy atom. The van der Waals surface area contributed by atoms with Gasteiger partial charge >= 0.3 is 6.03 Å². The Morgan fingerprint density at radius 1 is 0.962 bits per heavy atom. The van der Waals surface area contributed by atoms with E-state index in [0.29, 0.717) is 5.92 Å². The van der Waals surface area contributed by atoms with Gasteiger partial charge in [0.1, 0.15) is 0 Å². The second kappa shape index (κ2) is 7.58. The van der Waals surface area contributed by atoms with E-state index in [-0.39, 0.29) is 12.1 Å². The highest BCUT2D eigenvalue weighted by Crippen LogP contribution is 2.41. The fourth-order valence-corrected chi connectivity index (χ4v) is 3.73. The third-order valence-corrected chi connectivity index (χ3v) is 5.54. The highest BCUT2D eigenvalue weighted by Gasteiger charge is 2.34. The first-order valence-electron chi connectivity index (χ1n) is 9.31. The van der Waals surface area contributed by atoms with Crippen molar-refractivity contribution < 1.29 is 4.79 Å². The summed E-state index contributed by atoms with van der Waals surface area (Å²) < 4.78 is 0. The zero-order valence-corrected chi connectivity index (χ0v) is 15.5. The van der Waals surface area contributed by atoms with Crippen molar-refractivity contribution in [3.05, 3.63) is 65.2 Å². The second-order valence-electron chi connectivity index (χ2n) is 7.13. The van der Waals surface area contributed by atoms with Crippen LogP contribution in [0.3, 0.4) is 0 Å². The van der Waals surface area contributed by atoms with Gasteiger partial charge in [-0.2, -0.15) is 0 Å². The van der Waals surface area contributed by atoms with E-state index < -0.39 is 0 Å². The molecule has 1 aliphatic heterocycles. The van der Waals surface area contributed by atoms with Gasteiger partial charge in [0.05, 0.1) is 6.04 Å². The molecule has 2 fully saturated rings. The summed E-state index contributed by atoms with van der Waals surface area (Å²) in [5, 5.41) is 3.99. The Morgan fingerprint density at radius 3 is 2.23 bits per heavy atom. The molecule has 0 radical (unpaired) electrons. The molecule has 0 spiro atoms. The van der Waals surface area contributed by atoms with Gasteiger partial charge in [-0.05, 0) is 48.6 Å². The molecule has 0 aromatic heterocycles. The second-order valence-corrected chi connectivity index (χ2v) is 7.56. The average molecular weight is 370 g/mol. The Kier molecular flexibility index (Phi) is 5.02. The largest absolute Gasteiger partial charge is 0.368 e. The molecule has 136 valence electrons. The van der Waals surface area contributed by atoms with Crippen LogP contribution in [0.1, 0.15) is 24.4 Å². The van der Waals surface area contributed by atoms with Gasteiger partial charge in [-0.3, -0.25) is 0 Å². The Hall–Kier alpha value is -2.20. The number of hydrogen-bond donors (Lipinski definition) is 1. The highest BCUT2D eigenvalue weighted by atomic mass is 35.5. The van der Waals surface area contributed by atoms with Gasteiger partial charge in [-0.15, -0.1) is 0 Å². The number of nitrogens with one attached hydrogen (secondary N) is 1. The van der Waals surface area contributed by atoms with Crippen LogP contribution in [0.5, 0.6) is 0 Å². The summed E-state index contributed by atoms with van der Waals surface area (Å²) in [5.74, 6) is 0.547.